The predicted molar refractivity (Wildman–Crippen MR) is 102 cm³/mol. The highest BCUT2D eigenvalue weighted by atomic mass is 32.2. The van der Waals surface area contributed by atoms with Gasteiger partial charge in [0.1, 0.15) is 0 Å². The number of carbonyl (C=O) groups excluding carboxylic acids is 1. The van der Waals surface area contributed by atoms with Crippen molar-refractivity contribution in [3.05, 3.63) is 59.7 Å². The Kier molecular flexibility index (Phi) is 6.54. The molecule has 0 heterocycles. The number of hydrogen-bond donors (Lipinski definition) is 0. The van der Waals surface area contributed by atoms with Crippen molar-refractivity contribution in [2.75, 3.05) is 28.6 Å². The topological polar surface area (TPSA) is 57.7 Å². The van der Waals surface area contributed by atoms with Crippen molar-refractivity contribution >= 4 is 27.3 Å². The van der Waals surface area contributed by atoms with Crippen molar-refractivity contribution in [3.8, 4) is 0 Å². The Balaban J connectivity index is 2.21. The van der Waals surface area contributed by atoms with Gasteiger partial charge in [0.05, 0.1) is 11.9 Å². The lowest BCUT2D eigenvalue weighted by molar-refractivity contribution is -0.118. The van der Waals surface area contributed by atoms with Crippen LogP contribution in [-0.4, -0.2) is 33.7 Å². The largest absolute Gasteiger partial charge is 0.313 e. The van der Waals surface area contributed by atoms with Gasteiger partial charge in [-0.15, -0.1) is 0 Å². The maximum absolute atomic E-state index is 13.5. The molecule has 2 rings (SSSR count). The van der Waals surface area contributed by atoms with Crippen LogP contribution in [0.4, 0.5) is 20.2 Å². The van der Waals surface area contributed by atoms with Gasteiger partial charge < -0.3 is 4.90 Å². The Morgan fingerprint density at radius 2 is 1.74 bits per heavy atom. The molecule has 0 radical (unpaired) electrons. The number of sulfonamides is 1. The molecule has 1 amide bonds. The van der Waals surface area contributed by atoms with E-state index in [9.17, 15) is 22.0 Å². The molecule has 0 aliphatic rings. The standard InChI is InChI=1S/C19H22F2N2O3S/c1-4-22(15-7-5-6-14(2)12-15)19(24)10-11-23(27(3,25)26)16-8-9-17(20)18(21)13-16/h5-9,12-13H,4,10-11H2,1-3H3. The Hall–Kier alpha value is -2.48. The van der Waals surface area contributed by atoms with Crippen LogP contribution in [0.3, 0.4) is 0 Å². The molecule has 5 nitrogen and oxygen atoms in total. The number of halogens is 2. The maximum Gasteiger partial charge on any atom is 0.232 e. The van der Waals surface area contributed by atoms with Gasteiger partial charge in [0.15, 0.2) is 11.6 Å². The molecule has 2 aromatic carbocycles. The number of carbonyl (C=O) groups is 1. The molecular weight excluding hydrogens is 374 g/mol. The van der Waals surface area contributed by atoms with Crippen LogP contribution in [0.5, 0.6) is 0 Å². The van der Waals surface area contributed by atoms with Crippen molar-refractivity contribution in [1.29, 1.82) is 0 Å². The second-order valence-electron chi connectivity index (χ2n) is 6.16. The van der Waals surface area contributed by atoms with Crippen LogP contribution in [0.1, 0.15) is 18.9 Å². The van der Waals surface area contributed by atoms with Gasteiger partial charge in [0.2, 0.25) is 15.9 Å². The Labute approximate surface area is 158 Å². The van der Waals surface area contributed by atoms with Gasteiger partial charge in [-0.1, -0.05) is 12.1 Å². The Morgan fingerprint density at radius 3 is 2.30 bits per heavy atom. The molecule has 0 aliphatic carbocycles. The molecule has 0 aliphatic heterocycles. The van der Waals surface area contributed by atoms with Gasteiger partial charge in [-0.3, -0.25) is 9.10 Å². The summed E-state index contributed by atoms with van der Waals surface area (Å²) >= 11 is 0. The molecule has 0 aromatic heterocycles. The lowest BCUT2D eigenvalue weighted by Gasteiger charge is -2.25. The lowest BCUT2D eigenvalue weighted by Crippen LogP contribution is -2.37. The van der Waals surface area contributed by atoms with Crippen molar-refractivity contribution < 1.29 is 22.0 Å². The summed E-state index contributed by atoms with van der Waals surface area (Å²) in [5.74, 6) is -2.48. The predicted octanol–water partition coefficient (Wildman–Crippen LogP) is 3.48. The van der Waals surface area contributed by atoms with Crippen LogP contribution in [0.25, 0.3) is 0 Å². The molecule has 0 spiro atoms. The van der Waals surface area contributed by atoms with Crippen LogP contribution in [0.2, 0.25) is 0 Å². The van der Waals surface area contributed by atoms with E-state index in [1.54, 1.807) is 11.0 Å². The zero-order valence-electron chi connectivity index (χ0n) is 15.4. The maximum atomic E-state index is 13.5. The van der Waals surface area contributed by atoms with Crippen molar-refractivity contribution in [2.45, 2.75) is 20.3 Å². The first-order valence-electron chi connectivity index (χ1n) is 8.43. The number of rotatable bonds is 7. The Bertz CT molecular complexity index is 932. The molecule has 146 valence electrons. The molecule has 0 N–H and O–H groups in total. The molecule has 0 fully saturated rings. The van der Waals surface area contributed by atoms with Crippen LogP contribution in [0, 0.1) is 18.6 Å². The van der Waals surface area contributed by atoms with E-state index in [0.29, 0.717) is 6.54 Å². The normalized spacial score (nSPS) is 11.3. The molecule has 0 atom stereocenters. The van der Waals surface area contributed by atoms with Gasteiger partial charge in [0, 0.05) is 31.3 Å². The van der Waals surface area contributed by atoms with E-state index in [4.69, 9.17) is 0 Å². The summed E-state index contributed by atoms with van der Waals surface area (Å²) < 4.78 is 51.7. The summed E-state index contributed by atoms with van der Waals surface area (Å²) in [5.41, 5.74) is 1.70. The first kappa shape index (κ1) is 20.8. The highest BCUT2D eigenvalue weighted by Gasteiger charge is 2.22. The van der Waals surface area contributed by atoms with E-state index in [2.05, 4.69) is 0 Å². The van der Waals surface area contributed by atoms with E-state index >= 15 is 0 Å². The number of anilines is 2. The third-order valence-electron chi connectivity index (χ3n) is 4.05. The van der Waals surface area contributed by atoms with E-state index in [0.717, 1.165) is 33.9 Å². The Morgan fingerprint density at radius 1 is 1.04 bits per heavy atom. The fourth-order valence-corrected chi connectivity index (χ4v) is 3.68. The van der Waals surface area contributed by atoms with Crippen LogP contribution in [0.15, 0.2) is 42.5 Å². The molecule has 2 aromatic rings. The van der Waals surface area contributed by atoms with E-state index < -0.39 is 21.7 Å². The first-order chi connectivity index (χ1) is 12.6. The van der Waals surface area contributed by atoms with Gasteiger partial charge in [-0.2, -0.15) is 0 Å². The third kappa shape index (κ3) is 5.26. The summed E-state index contributed by atoms with van der Waals surface area (Å²) in [6.45, 7) is 3.98. The zero-order valence-corrected chi connectivity index (χ0v) is 16.3. The fraction of sp³-hybridized carbons (Fsp3) is 0.316. The highest BCUT2D eigenvalue weighted by molar-refractivity contribution is 7.92. The molecule has 0 saturated heterocycles. The smallest absolute Gasteiger partial charge is 0.232 e. The number of hydrogen-bond acceptors (Lipinski definition) is 3. The summed E-state index contributed by atoms with van der Waals surface area (Å²) in [6, 6.07) is 10.3. The zero-order chi connectivity index (χ0) is 20.2. The van der Waals surface area contributed by atoms with Gasteiger partial charge in [-0.05, 0) is 43.7 Å². The number of benzene rings is 2. The highest BCUT2D eigenvalue weighted by Crippen LogP contribution is 2.22. The van der Waals surface area contributed by atoms with Crippen molar-refractivity contribution in [3.63, 3.8) is 0 Å². The third-order valence-corrected chi connectivity index (χ3v) is 5.24. The number of amides is 1. The number of nitrogens with zero attached hydrogens (tertiary/aromatic N) is 2. The van der Waals surface area contributed by atoms with Gasteiger partial charge >= 0.3 is 0 Å². The summed E-state index contributed by atoms with van der Waals surface area (Å²) in [5, 5.41) is 0. The molecule has 27 heavy (non-hydrogen) atoms. The summed E-state index contributed by atoms with van der Waals surface area (Å²) in [4.78, 5) is 14.2. The molecule has 0 unspecified atom stereocenters. The first-order valence-corrected chi connectivity index (χ1v) is 10.3. The van der Waals surface area contributed by atoms with Crippen LogP contribution in [-0.2, 0) is 14.8 Å². The minimum Gasteiger partial charge on any atom is -0.313 e. The SMILES string of the molecule is CCN(C(=O)CCN(c1ccc(F)c(F)c1)S(C)(=O)=O)c1cccc(C)c1. The average Bonchev–Trinajstić information content (AvgIpc) is 2.57. The molecule has 0 bridgehead atoms. The second kappa shape index (κ2) is 8.47. The minimum absolute atomic E-state index is 0.0252. The lowest BCUT2D eigenvalue weighted by atomic mass is 10.2. The summed E-state index contributed by atoms with van der Waals surface area (Å²) in [7, 11) is -3.77. The van der Waals surface area contributed by atoms with Crippen molar-refractivity contribution in [1.82, 2.24) is 0 Å². The minimum atomic E-state index is -3.77. The van der Waals surface area contributed by atoms with E-state index in [-0.39, 0.29) is 24.6 Å². The van der Waals surface area contributed by atoms with Gasteiger partial charge in [0.25, 0.3) is 0 Å². The van der Waals surface area contributed by atoms with Crippen molar-refractivity contribution in [2.24, 2.45) is 0 Å². The fourth-order valence-electron chi connectivity index (χ4n) is 2.76. The van der Waals surface area contributed by atoms with E-state index in [1.807, 2.05) is 32.0 Å². The second-order valence-corrected chi connectivity index (χ2v) is 8.07. The van der Waals surface area contributed by atoms with Gasteiger partial charge in [-0.25, -0.2) is 17.2 Å². The molecule has 8 heteroatoms. The quantitative estimate of drug-likeness (QED) is 0.720. The number of aryl methyl sites for hydroxylation is 1. The molecular formula is C19H22F2N2O3S. The monoisotopic (exact) mass is 396 g/mol. The average molecular weight is 396 g/mol. The van der Waals surface area contributed by atoms with Crippen LogP contribution >= 0.6 is 0 Å². The summed E-state index contributed by atoms with van der Waals surface area (Å²) in [6.07, 6.45) is 0.852. The van der Waals surface area contributed by atoms with Crippen LogP contribution < -0.4 is 9.21 Å². The molecule has 0 saturated carbocycles. The van der Waals surface area contributed by atoms with E-state index in [1.165, 1.54) is 6.07 Å².